The molecule has 2 saturated heterocycles. The van der Waals surface area contributed by atoms with Crippen molar-refractivity contribution in [3.8, 4) is 0 Å². The van der Waals surface area contributed by atoms with Crippen LogP contribution in [0.1, 0.15) is 29.8 Å². The van der Waals surface area contributed by atoms with Crippen LogP contribution in [0.4, 0.5) is 19.0 Å². The molecule has 0 saturated carbocycles. The average molecular weight is 390 g/mol. The maximum Gasteiger partial charge on any atom is 0.433 e. The smallest absolute Gasteiger partial charge is 0.356 e. The number of aryl methyl sites for hydroxylation is 1. The fourth-order valence-corrected chi connectivity index (χ4v) is 4.55. The fourth-order valence-electron chi connectivity index (χ4n) is 4.55. The molecule has 148 valence electrons. The Labute approximate surface area is 161 Å². The molecule has 2 fully saturated rings. The highest BCUT2D eigenvalue weighted by atomic mass is 19.4. The molecule has 0 radical (unpaired) electrons. The molecule has 1 aromatic heterocycles. The minimum absolute atomic E-state index is 0.0237. The molecular formula is C20H21F3N4O. The zero-order chi connectivity index (χ0) is 20.1. The van der Waals surface area contributed by atoms with Gasteiger partial charge in [-0.15, -0.1) is 0 Å². The number of rotatable bonds is 2. The number of carbonyl (C=O) groups excluding carboxylic acids is 1. The highest BCUT2D eigenvalue weighted by molar-refractivity contribution is 5.74. The maximum absolute atomic E-state index is 13.0. The molecule has 2 aliphatic rings. The Kier molecular flexibility index (Phi) is 4.51. The molecule has 1 aromatic carbocycles. The summed E-state index contributed by atoms with van der Waals surface area (Å²) in [6, 6.07) is 8.91. The second-order valence-electron chi connectivity index (χ2n) is 7.56. The summed E-state index contributed by atoms with van der Waals surface area (Å²) >= 11 is 0. The van der Waals surface area contributed by atoms with Gasteiger partial charge in [-0.2, -0.15) is 13.2 Å². The van der Waals surface area contributed by atoms with Crippen LogP contribution in [-0.2, 0) is 11.0 Å². The van der Waals surface area contributed by atoms with Gasteiger partial charge in [0.1, 0.15) is 17.8 Å². The lowest BCUT2D eigenvalue weighted by atomic mass is 9.87. The van der Waals surface area contributed by atoms with Crippen molar-refractivity contribution in [2.45, 2.75) is 26.1 Å². The Hall–Kier alpha value is -2.64. The van der Waals surface area contributed by atoms with Gasteiger partial charge in [-0.3, -0.25) is 4.79 Å². The van der Waals surface area contributed by atoms with E-state index in [2.05, 4.69) is 9.97 Å². The number of aromatic nitrogens is 2. The Balaban J connectivity index is 1.64. The van der Waals surface area contributed by atoms with Gasteiger partial charge in [0.15, 0.2) is 0 Å². The van der Waals surface area contributed by atoms with Crippen molar-refractivity contribution in [2.75, 3.05) is 24.5 Å². The standard InChI is InChI=1S/C20H21F3N4O/c1-12-5-3-4-6-15(12)19-16-10-26(8-14(16)9-27(19)13(2)28)18-7-17(20(21,22)23)24-11-25-18/h3-7,11,14,16,19H,8-10H2,1-2H3/t14-,16-,19-/m1/s1. The van der Waals surface area contributed by atoms with Crippen LogP contribution >= 0.6 is 0 Å². The number of carbonyl (C=O) groups is 1. The van der Waals surface area contributed by atoms with Crippen LogP contribution in [-0.4, -0.2) is 40.4 Å². The second-order valence-corrected chi connectivity index (χ2v) is 7.56. The number of hydrogen-bond donors (Lipinski definition) is 0. The third-order valence-electron chi connectivity index (χ3n) is 5.84. The van der Waals surface area contributed by atoms with Crippen LogP contribution in [0.15, 0.2) is 36.7 Å². The van der Waals surface area contributed by atoms with Gasteiger partial charge < -0.3 is 9.80 Å². The summed E-state index contributed by atoms with van der Waals surface area (Å²) in [7, 11) is 0. The molecule has 3 heterocycles. The first-order valence-corrected chi connectivity index (χ1v) is 9.22. The first-order chi connectivity index (χ1) is 13.3. The fraction of sp³-hybridized carbons (Fsp3) is 0.450. The number of alkyl halides is 3. The van der Waals surface area contributed by atoms with E-state index in [9.17, 15) is 18.0 Å². The number of halogens is 3. The van der Waals surface area contributed by atoms with Gasteiger partial charge in [-0.25, -0.2) is 9.97 Å². The number of hydrogen-bond acceptors (Lipinski definition) is 4. The van der Waals surface area contributed by atoms with Crippen molar-refractivity contribution in [3.63, 3.8) is 0 Å². The molecule has 2 aliphatic heterocycles. The zero-order valence-electron chi connectivity index (χ0n) is 15.6. The molecule has 0 unspecified atom stereocenters. The molecule has 0 N–H and O–H groups in total. The van der Waals surface area contributed by atoms with Crippen LogP contribution in [0.5, 0.6) is 0 Å². The zero-order valence-corrected chi connectivity index (χ0v) is 15.6. The van der Waals surface area contributed by atoms with Crippen LogP contribution in [0, 0.1) is 18.8 Å². The number of fused-ring (bicyclic) bond motifs is 1. The van der Waals surface area contributed by atoms with Gasteiger partial charge in [0.25, 0.3) is 0 Å². The molecule has 0 spiro atoms. The molecule has 8 heteroatoms. The summed E-state index contributed by atoms with van der Waals surface area (Å²) < 4.78 is 39.0. The normalized spacial score (nSPS) is 24.5. The predicted molar refractivity (Wildman–Crippen MR) is 97.5 cm³/mol. The quantitative estimate of drug-likeness (QED) is 0.788. The first kappa shape index (κ1) is 18.7. The van der Waals surface area contributed by atoms with Crippen molar-refractivity contribution >= 4 is 11.7 Å². The molecule has 5 nitrogen and oxygen atoms in total. The van der Waals surface area contributed by atoms with E-state index in [1.54, 1.807) is 6.92 Å². The molecule has 1 amide bonds. The van der Waals surface area contributed by atoms with Crippen LogP contribution in [0.2, 0.25) is 0 Å². The van der Waals surface area contributed by atoms with Gasteiger partial charge in [0, 0.05) is 44.5 Å². The Morgan fingerprint density at radius 3 is 2.57 bits per heavy atom. The molecule has 2 aromatic rings. The SMILES string of the molecule is CC(=O)N1C[C@H]2CN(c3cc(C(F)(F)F)ncn3)C[C@H]2[C@H]1c1ccccc1C. The topological polar surface area (TPSA) is 49.3 Å². The Bertz CT molecular complexity index is 901. The summed E-state index contributed by atoms with van der Waals surface area (Å²) in [5.74, 6) is 0.650. The lowest BCUT2D eigenvalue weighted by molar-refractivity contribution is -0.141. The molecule has 0 bridgehead atoms. The number of anilines is 1. The number of nitrogens with zero attached hydrogens (tertiary/aromatic N) is 4. The van der Waals surface area contributed by atoms with E-state index in [-0.39, 0.29) is 29.6 Å². The lowest BCUT2D eigenvalue weighted by Crippen LogP contribution is -2.35. The van der Waals surface area contributed by atoms with E-state index in [1.165, 1.54) is 0 Å². The minimum Gasteiger partial charge on any atom is -0.356 e. The number of benzene rings is 1. The van der Waals surface area contributed by atoms with E-state index in [0.29, 0.717) is 19.6 Å². The third kappa shape index (κ3) is 3.21. The third-order valence-corrected chi connectivity index (χ3v) is 5.84. The highest BCUT2D eigenvalue weighted by Gasteiger charge is 2.49. The summed E-state index contributed by atoms with van der Waals surface area (Å²) in [6.45, 7) is 5.33. The van der Waals surface area contributed by atoms with Crippen LogP contribution < -0.4 is 4.90 Å². The average Bonchev–Trinajstić information content (AvgIpc) is 3.20. The van der Waals surface area contributed by atoms with Crippen molar-refractivity contribution in [1.82, 2.24) is 14.9 Å². The van der Waals surface area contributed by atoms with Gasteiger partial charge in [0.2, 0.25) is 5.91 Å². The van der Waals surface area contributed by atoms with Gasteiger partial charge >= 0.3 is 6.18 Å². The van der Waals surface area contributed by atoms with E-state index in [1.807, 2.05) is 41.0 Å². The van der Waals surface area contributed by atoms with E-state index in [0.717, 1.165) is 23.5 Å². The highest BCUT2D eigenvalue weighted by Crippen LogP contribution is 2.46. The summed E-state index contributed by atoms with van der Waals surface area (Å²) in [5.41, 5.74) is 1.28. The predicted octanol–water partition coefficient (Wildman–Crippen LogP) is 3.46. The monoisotopic (exact) mass is 390 g/mol. The van der Waals surface area contributed by atoms with Gasteiger partial charge in [0.05, 0.1) is 6.04 Å². The lowest BCUT2D eigenvalue weighted by Gasteiger charge is -2.30. The second kappa shape index (κ2) is 6.76. The van der Waals surface area contributed by atoms with Crippen molar-refractivity contribution in [2.24, 2.45) is 11.8 Å². The van der Waals surface area contributed by atoms with Gasteiger partial charge in [-0.05, 0) is 18.1 Å². The van der Waals surface area contributed by atoms with E-state index < -0.39 is 11.9 Å². The van der Waals surface area contributed by atoms with Crippen LogP contribution in [0.3, 0.4) is 0 Å². The van der Waals surface area contributed by atoms with E-state index in [4.69, 9.17) is 0 Å². The van der Waals surface area contributed by atoms with Crippen molar-refractivity contribution < 1.29 is 18.0 Å². The number of likely N-dealkylation sites (tertiary alicyclic amines) is 1. The van der Waals surface area contributed by atoms with Gasteiger partial charge in [-0.1, -0.05) is 24.3 Å². The van der Waals surface area contributed by atoms with Crippen molar-refractivity contribution in [1.29, 1.82) is 0 Å². The molecule has 4 rings (SSSR count). The molecular weight excluding hydrogens is 369 g/mol. The van der Waals surface area contributed by atoms with Crippen LogP contribution in [0.25, 0.3) is 0 Å². The minimum atomic E-state index is -4.50. The van der Waals surface area contributed by atoms with E-state index >= 15 is 0 Å². The molecule has 28 heavy (non-hydrogen) atoms. The maximum atomic E-state index is 13.0. The Morgan fingerprint density at radius 2 is 1.89 bits per heavy atom. The Morgan fingerprint density at radius 1 is 1.14 bits per heavy atom. The summed E-state index contributed by atoms with van der Waals surface area (Å²) in [5, 5.41) is 0. The molecule has 3 atom stereocenters. The first-order valence-electron chi connectivity index (χ1n) is 9.22. The number of amides is 1. The summed E-state index contributed by atoms with van der Waals surface area (Å²) in [4.78, 5) is 23.4. The van der Waals surface area contributed by atoms with Crippen molar-refractivity contribution in [3.05, 3.63) is 53.5 Å². The molecule has 0 aliphatic carbocycles. The summed E-state index contributed by atoms with van der Waals surface area (Å²) in [6.07, 6.45) is -3.53. The largest absolute Gasteiger partial charge is 0.433 e.